The van der Waals surface area contributed by atoms with Gasteiger partial charge in [-0.25, -0.2) is 0 Å². The van der Waals surface area contributed by atoms with E-state index < -0.39 is 0 Å². The van der Waals surface area contributed by atoms with Gasteiger partial charge in [-0.3, -0.25) is 0 Å². The van der Waals surface area contributed by atoms with E-state index in [4.69, 9.17) is 4.74 Å². The highest BCUT2D eigenvalue weighted by molar-refractivity contribution is 4.98. The minimum atomic E-state index is 0.516. The van der Waals surface area contributed by atoms with Crippen LogP contribution in [-0.2, 0) is 24.2 Å². The summed E-state index contributed by atoms with van der Waals surface area (Å²) in [7, 11) is 0. The van der Waals surface area contributed by atoms with E-state index in [0.29, 0.717) is 6.10 Å². The molecule has 3 rings (SSSR count). The lowest BCUT2D eigenvalue weighted by Crippen LogP contribution is -2.24. The van der Waals surface area contributed by atoms with Gasteiger partial charge in [0.05, 0.1) is 19.3 Å². The molecule has 5 nitrogen and oxygen atoms in total. The van der Waals surface area contributed by atoms with Crippen LogP contribution in [0.2, 0.25) is 0 Å². The van der Waals surface area contributed by atoms with Crippen LogP contribution in [0.3, 0.4) is 0 Å². The fourth-order valence-electron chi connectivity index (χ4n) is 3.05. The molecule has 0 unspecified atom stereocenters. The van der Waals surface area contributed by atoms with E-state index in [1.807, 2.05) is 0 Å². The summed E-state index contributed by atoms with van der Waals surface area (Å²) >= 11 is 0. The van der Waals surface area contributed by atoms with Crippen molar-refractivity contribution in [2.24, 2.45) is 0 Å². The van der Waals surface area contributed by atoms with Crippen LogP contribution in [0.4, 0.5) is 0 Å². The van der Waals surface area contributed by atoms with Crippen molar-refractivity contribution < 1.29 is 4.74 Å². The number of hydrogen-bond donors (Lipinski definition) is 1. The van der Waals surface area contributed by atoms with Gasteiger partial charge in [0.25, 0.3) is 0 Å². The average Bonchev–Trinajstić information content (AvgIpc) is 3.08. The molecule has 0 radical (unpaired) electrons. The van der Waals surface area contributed by atoms with Crippen LogP contribution < -0.4 is 5.32 Å². The van der Waals surface area contributed by atoms with Crippen LogP contribution >= 0.6 is 0 Å². The van der Waals surface area contributed by atoms with Crippen molar-refractivity contribution in [2.75, 3.05) is 13.2 Å². The van der Waals surface area contributed by atoms with Crippen molar-refractivity contribution in [3.8, 4) is 0 Å². The maximum atomic E-state index is 5.83. The normalized spacial score (nSPS) is 19.8. The van der Waals surface area contributed by atoms with Crippen molar-refractivity contribution >= 4 is 0 Å². The molecule has 1 aromatic heterocycles. The van der Waals surface area contributed by atoms with Gasteiger partial charge in [0.1, 0.15) is 11.6 Å². The van der Waals surface area contributed by atoms with Crippen molar-refractivity contribution in [1.29, 1.82) is 0 Å². The van der Waals surface area contributed by atoms with Crippen LogP contribution in [0.15, 0.2) is 0 Å². The Labute approximate surface area is 114 Å². The highest BCUT2D eigenvalue weighted by atomic mass is 16.5. The molecule has 0 spiro atoms. The van der Waals surface area contributed by atoms with E-state index in [0.717, 1.165) is 44.3 Å². The SMILES string of the molecule is C1CCn2c(nnc2CNCCOC2CCCC2)C1. The Bertz CT molecular complexity index is 398. The number of nitrogens with one attached hydrogen (secondary N) is 1. The molecule has 1 saturated carbocycles. The predicted octanol–water partition coefficient (Wildman–Crippen LogP) is 1.66. The summed E-state index contributed by atoms with van der Waals surface area (Å²) < 4.78 is 8.10. The van der Waals surface area contributed by atoms with Crippen LogP contribution in [-0.4, -0.2) is 34.0 Å². The molecular weight excluding hydrogens is 240 g/mol. The third-order valence-corrected chi connectivity index (χ3v) is 4.15. The van der Waals surface area contributed by atoms with E-state index in [2.05, 4.69) is 20.1 Å². The Kier molecular flexibility index (Phi) is 4.45. The zero-order valence-corrected chi connectivity index (χ0v) is 11.6. The van der Waals surface area contributed by atoms with Crippen LogP contribution in [0.25, 0.3) is 0 Å². The number of ether oxygens (including phenoxy) is 1. The standard InChI is InChI=1S/C14H24N4O/c1-2-6-12(5-1)19-10-8-15-11-14-17-16-13-7-3-4-9-18(13)14/h12,15H,1-11H2. The second-order valence-corrected chi connectivity index (χ2v) is 5.60. The molecule has 1 aliphatic carbocycles. The predicted molar refractivity (Wildman–Crippen MR) is 72.9 cm³/mol. The Balaban J connectivity index is 1.36. The molecule has 0 atom stereocenters. The lowest BCUT2D eigenvalue weighted by atomic mass is 10.2. The molecule has 1 N–H and O–H groups in total. The third-order valence-electron chi connectivity index (χ3n) is 4.15. The molecule has 5 heteroatoms. The zero-order valence-electron chi connectivity index (χ0n) is 11.6. The summed E-state index contributed by atoms with van der Waals surface area (Å²) in [5.74, 6) is 2.24. The molecule has 0 amide bonds. The van der Waals surface area contributed by atoms with Gasteiger partial charge in [0, 0.05) is 19.5 Å². The molecule has 1 aliphatic heterocycles. The second kappa shape index (κ2) is 6.48. The Hall–Kier alpha value is -0.940. The Morgan fingerprint density at radius 2 is 2.05 bits per heavy atom. The van der Waals surface area contributed by atoms with Gasteiger partial charge in [-0.05, 0) is 25.7 Å². The number of hydrogen-bond acceptors (Lipinski definition) is 4. The first kappa shape index (κ1) is 13.1. The summed E-state index contributed by atoms with van der Waals surface area (Å²) in [6.07, 6.45) is 9.27. The molecular formula is C14H24N4O. The van der Waals surface area contributed by atoms with Gasteiger partial charge >= 0.3 is 0 Å². The molecule has 1 aromatic rings. The number of rotatable bonds is 6. The van der Waals surface area contributed by atoms with Gasteiger partial charge in [0.2, 0.25) is 0 Å². The third kappa shape index (κ3) is 3.34. The van der Waals surface area contributed by atoms with Crippen molar-refractivity contribution in [2.45, 2.75) is 64.1 Å². The molecule has 2 aliphatic rings. The van der Waals surface area contributed by atoms with Crippen LogP contribution in [0, 0.1) is 0 Å². The Morgan fingerprint density at radius 3 is 2.95 bits per heavy atom. The number of nitrogens with zero attached hydrogens (tertiary/aromatic N) is 3. The van der Waals surface area contributed by atoms with Gasteiger partial charge < -0.3 is 14.6 Å². The second-order valence-electron chi connectivity index (χ2n) is 5.60. The first-order valence-corrected chi connectivity index (χ1v) is 7.67. The van der Waals surface area contributed by atoms with Crippen molar-refractivity contribution in [3.05, 3.63) is 11.6 Å². The summed E-state index contributed by atoms with van der Waals surface area (Å²) in [5, 5.41) is 12.0. The molecule has 0 saturated heterocycles. The molecule has 0 aromatic carbocycles. The molecule has 19 heavy (non-hydrogen) atoms. The monoisotopic (exact) mass is 264 g/mol. The van der Waals surface area contributed by atoms with Crippen molar-refractivity contribution in [1.82, 2.24) is 20.1 Å². The van der Waals surface area contributed by atoms with E-state index in [9.17, 15) is 0 Å². The zero-order chi connectivity index (χ0) is 12.9. The molecule has 106 valence electrons. The summed E-state index contributed by atoms with van der Waals surface area (Å²) in [4.78, 5) is 0. The smallest absolute Gasteiger partial charge is 0.147 e. The average molecular weight is 264 g/mol. The van der Waals surface area contributed by atoms with Gasteiger partial charge in [0.15, 0.2) is 0 Å². The van der Waals surface area contributed by atoms with Crippen molar-refractivity contribution in [3.63, 3.8) is 0 Å². The van der Waals surface area contributed by atoms with Gasteiger partial charge in [-0.2, -0.15) is 0 Å². The van der Waals surface area contributed by atoms with E-state index in [1.165, 1.54) is 38.5 Å². The first-order valence-electron chi connectivity index (χ1n) is 7.67. The maximum absolute atomic E-state index is 5.83. The van der Waals surface area contributed by atoms with Crippen LogP contribution in [0.1, 0.15) is 50.2 Å². The minimum Gasteiger partial charge on any atom is -0.377 e. The largest absolute Gasteiger partial charge is 0.377 e. The van der Waals surface area contributed by atoms with Gasteiger partial charge in [-0.1, -0.05) is 12.8 Å². The highest BCUT2D eigenvalue weighted by Crippen LogP contribution is 2.20. The fourth-order valence-corrected chi connectivity index (χ4v) is 3.05. The molecule has 1 fully saturated rings. The van der Waals surface area contributed by atoms with E-state index in [1.54, 1.807) is 0 Å². The number of aromatic nitrogens is 3. The fraction of sp³-hybridized carbons (Fsp3) is 0.857. The Morgan fingerprint density at radius 1 is 1.16 bits per heavy atom. The molecule has 2 heterocycles. The summed E-state index contributed by atoms with van der Waals surface area (Å²) in [6, 6.07) is 0. The van der Waals surface area contributed by atoms with Crippen LogP contribution in [0.5, 0.6) is 0 Å². The quantitative estimate of drug-likeness (QED) is 0.794. The minimum absolute atomic E-state index is 0.516. The topological polar surface area (TPSA) is 52.0 Å². The lowest BCUT2D eigenvalue weighted by molar-refractivity contribution is 0.0601. The molecule has 0 bridgehead atoms. The maximum Gasteiger partial charge on any atom is 0.147 e. The van der Waals surface area contributed by atoms with E-state index in [-0.39, 0.29) is 0 Å². The summed E-state index contributed by atoms with van der Waals surface area (Å²) in [6.45, 7) is 3.60. The first-order chi connectivity index (χ1) is 9.43. The lowest BCUT2D eigenvalue weighted by Gasteiger charge is -2.15. The highest BCUT2D eigenvalue weighted by Gasteiger charge is 2.16. The number of fused-ring (bicyclic) bond motifs is 1. The summed E-state index contributed by atoms with van der Waals surface area (Å²) in [5.41, 5.74) is 0. The van der Waals surface area contributed by atoms with Gasteiger partial charge in [-0.15, -0.1) is 10.2 Å². The van der Waals surface area contributed by atoms with E-state index >= 15 is 0 Å². The number of aryl methyl sites for hydroxylation is 1.